The van der Waals surface area contributed by atoms with E-state index in [4.69, 9.17) is 0 Å². The molecule has 0 aliphatic carbocycles. The van der Waals surface area contributed by atoms with Crippen LogP contribution in [0.15, 0.2) is 30.6 Å². The summed E-state index contributed by atoms with van der Waals surface area (Å²) < 4.78 is 16.2. The van der Waals surface area contributed by atoms with Crippen LogP contribution in [-0.4, -0.2) is 25.4 Å². The van der Waals surface area contributed by atoms with Gasteiger partial charge in [-0.2, -0.15) is 5.10 Å². The van der Waals surface area contributed by atoms with Crippen LogP contribution in [-0.2, 0) is 11.8 Å². The zero-order chi connectivity index (χ0) is 15.5. The normalized spacial score (nSPS) is 12.1. The van der Waals surface area contributed by atoms with Crippen LogP contribution in [0, 0.1) is 5.82 Å². The summed E-state index contributed by atoms with van der Waals surface area (Å²) in [6, 6.07) is 7.15. The summed E-state index contributed by atoms with van der Waals surface area (Å²) in [4.78, 5) is 4.36. The summed E-state index contributed by atoms with van der Waals surface area (Å²) in [5, 5.41) is 5.54. The molecule has 0 amide bonds. The summed E-state index contributed by atoms with van der Waals surface area (Å²) in [5.41, 5.74) is 0.294. The van der Waals surface area contributed by atoms with Crippen LogP contribution in [0.2, 0.25) is 0 Å². The summed E-state index contributed by atoms with van der Waals surface area (Å²) in [6.45, 7) is 4.12. The molecule has 0 atom stereocenters. The second kappa shape index (κ2) is 7.01. The van der Waals surface area contributed by atoms with E-state index in [-0.39, 0.29) is 11.9 Å². The third-order valence-electron chi connectivity index (χ3n) is 3.59. The summed E-state index contributed by atoms with van der Waals surface area (Å²) in [7, 11) is 0. The molecule has 0 bridgehead atoms. The number of benzene rings is 1. The molecule has 0 saturated heterocycles. The van der Waals surface area contributed by atoms with E-state index in [9.17, 15) is 4.39 Å². The fourth-order valence-electron chi connectivity index (χ4n) is 2.40. The van der Waals surface area contributed by atoms with Crippen LogP contribution in [0.3, 0.4) is 0 Å². The standard InChI is InChI=1S/C15H18Br2FN3/c1-11(2)21-14(19-10-20-21)7-15(8-16,9-17)12-5-3-4-6-13(12)18/h3-6,10-11H,7-9H2,1-2H3. The molecule has 1 aromatic carbocycles. The van der Waals surface area contributed by atoms with Gasteiger partial charge in [0.25, 0.3) is 0 Å². The third kappa shape index (κ3) is 3.37. The molecule has 0 saturated carbocycles. The van der Waals surface area contributed by atoms with Gasteiger partial charge in [-0.25, -0.2) is 14.1 Å². The van der Waals surface area contributed by atoms with Crippen molar-refractivity contribution in [3.63, 3.8) is 0 Å². The predicted molar refractivity (Wildman–Crippen MR) is 89.8 cm³/mol. The van der Waals surface area contributed by atoms with Gasteiger partial charge in [-0.05, 0) is 25.5 Å². The molecule has 1 aromatic heterocycles. The summed E-state index contributed by atoms with van der Waals surface area (Å²) >= 11 is 7.11. The van der Waals surface area contributed by atoms with Crippen molar-refractivity contribution < 1.29 is 4.39 Å². The first-order chi connectivity index (χ1) is 10.0. The lowest BCUT2D eigenvalue weighted by Crippen LogP contribution is -2.35. The van der Waals surface area contributed by atoms with Gasteiger partial charge in [0.15, 0.2) is 0 Å². The van der Waals surface area contributed by atoms with E-state index in [1.807, 2.05) is 16.8 Å². The van der Waals surface area contributed by atoms with Gasteiger partial charge in [0.2, 0.25) is 0 Å². The highest BCUT2D eigenvalue weighted by Gasteiger charge is 2.34. The number of alkyl halides is 2. The number of hydrogen-bond donors (Lipinski definition) is 0. The zero-order valence-electron chi connectivity index (χ0n) is 12.1. The van der Waals surface area contributed by atoms with Crippen LogP contribution < -0.4 is 0 Å². The second-order valence-electron chi connectivity index (χ2n) is 5.42. The zero-order valence-corrected chi connectivity index (χ0v) is 15.2. The van der Waals surface area contributed by atoms with E-state index in [1.54, 1.807) is 12.4 Å². The Bertz CT molecular complexity index is 594. The van der Waals surface area contributed by atoms with E-state index in [0.29, 0.717) is 22.6 Å². The van der Waals surface area contributed by atoms with E-state index < -0.39 is 5.41 Å². The maximum atomic E-state index is 14.3. The molecule has 0 unspecified atom stereocenters. The molecule has 21 heavy (non-hydrogen) atoms. The molecule has 2 rings (SSSR count). The first kappa shape index (κ1) is 16.6. The topological polar surface area (TPSA) is 30.7 Å². The van der Waals surface area contributed by atoms with Crippen LogP contribution in [0.5, 0.6) is 0 Å². The quantitative estimate of drug-likeness (QED) is 0.656. The van der Waals surface area contributed by atoms with E-state index in [2.05, 4.69) is 55.8 Å². The SMILES string of the molecule is CC(C)n1ncnc1CC(CBr)(CBr)c1ccccc1F. The fourth-order valence-corrected chi connectivity index (χ4v) is 4.32. The maximum absolute atomic E-state index is 14.3. The molecule has 0 fully saturated rings. The van der Waals surface area contributed by atoms with Gasteiger partial charge in [0, 0.05) is 28.5 Å². The Morgan fingerprint density at radius 2 is 1.90 bits per heavy atom. The molecule has 0 spiro atoms. The minimum absolute atomic E-state index is 0.188. The van der Waals surface area contributed by atoms with Gasteiger partial charge in [-0.3, -0.25) is 0 Å². The maximum Gasteiger partial charge on any atom is 0.138 e. The van der Waals surface area contributed by atoms with E-state index in [0.717, 1.165) is 5.82 Å². The third-order valence-corrected chi connectivity index (χ3v) is 5.74. The predicted octanol–water partition coefficient (Wildman–Crippen LogP) is 4.27. The number of nitrogens with zero attached hydrogens (tertiary/aromatic N) is 3. The highest BCUT2D eigenvalue weighted by atomic mass is 79.9. The minimum atomic E-state index is -0.398. The van der Waals surface area contributed by atoms with Crippen molar-refractivity contribution in [3.8, 4) is 0 Å². The molecular weight excluding hydrogens is 401 g/mol. The Balaban J connectivity index is 2.44. The van der Waals surface area contributed by atoms with E-state index >= 15 is 0 Å². The van der Waals surface area contributed by atoms with Crippen molar-refractivity contribution in [2.24, 2.45) is 0 Å². The average molecular weight is 419 g/mol. The molecule has 0 N–H and O–H groups in total. The van der Waals surface area contributed by atoms with Gasteiger partial charge in [-0.15, -0.1) is 0 Å². The Morgan fingerprint density at radius 3 is 2.48 bits per heavy atom. The Hall–Kier alpha value is -0.750. The molecule has 1 heterocycles. The Kier molecular flexibility index (Phi) is 5.54. The monoisotopic (exact) mass is 417 g/mol. The number of rotatable bonds is 6. The molecule has 2 aromatic rings. The average Bonchev–Trinajstić information content (AvgIpc) is 2.94. The lowest BCUT2D eigenvalue weighted by Gasteiger charge is -2.31. The molecule has 0 aliphatic rings. The molecule has 0 aliphatic heterocycles. The Morgan fingerprint density at radius 1 is 1.24 bits per heavy atom. The molecule has 0 radical (unpaired) electrons. The molecule has 3 nitrogen and oxygen atoms in total. The number of halogens is 3. The van der Waals surface area contributed by atoms with Crippen molar-refractivity contribution >= 4 is 31.9 Å². The lowest BCUT2D eigenvalue weighted by molar-refractivity contribution is 0.446. The second-order valence-corrected chi connectivity index (χ2v) is 6.54. The van der Waals surface area contributed by atoms with Crippen molar-refractivity contribution in [3.05, 3.63) is 47.8 Å². The summed E-state index contributed by atoms with van der Waals surface area (Å²) in [6.07, 6.45) is 2.17. The number of aromatic nitrogens is 3. The van der Waals surface area contributed by atoms with Crippen LogP contribution in [0.25, 0.3) is 0 Å². The molecular formula is C15H18Br2FN3. The van der Waals surface area contributed by atoms with Crippen LogP contribution in [0.4, 0.5) is 4.39 Å². The van der Waals surface area contributed by atoms with Gasteiger partial charge in [-0.1, -0.05) is 50.1 Å². The lowest BCUT2D eigenvalue weighted by atomic mass is 9.80. The number of hydrogen-bond acceptors (Lipinski definition) is 2. The van der Waals surface area contributed by atoms with Gasteiger partial charge in [0.05, 0.1) is 0 Å². The van der Waals surface area contributed by atoms with Gasteiger partial charge < -0.3 is 0 Å². The van der Waals surface area contributed by atoms with Crippen molar-refractivity contribution in [2.45, 2.75) is 31.7 Å². The molecule has 114 valence electrons. The van der Waals surface area contributed by atoms with E-state index in [1.165, 1.54) is 6.07 Å². The van der Waals surface area contributed by atoms with Gasteiger partial charge in [0.1, 0.15) is 18.0 Å². The highest BCUT2D eigenvalue weighted by molar-refractivity contribution is 9.09. The summed E-state index contributed by atoms with van der Waals surface area (Å²) in [5.74, 6) is 0.680. The van der Waals surface area contributed by atoms with Crippen LogP contribution in [0.1, 0.15) is 31.3 Å². The molecule has 6 heteroatoms. The highest BCUT2D eigenvalue weighted by Crippen LogP contribution is 2.34. The van der Waals surface area contributed by atoms with Crippen LogP contribution >= 0.6 is 31.9 Å². The largest absolute Gasteiger partial charge is 0.248 e. The first-order valence-corrected chi connectivity index (χ1v) is 9.03. The van der Waals surface area contributed by atoms with Crippen molar-refractivity contribution in [2.75, 3.05) is 10.7 Å². The van der Waals surface area contributed by atoms with Crippen molar-refractivity contribution in [1.82, 2.24) is 14.8 Å². The van der Waals surface area contributed by atoms with Gasteiger partial charge >= 0.3 is 0 Å². The Labute approximate surface area is 141 Å². The first-order valence-electron chi connectivity index (χ1n) is 6.79. The fraction of sp³-hybridized carbons (Fsp3) is 0.467. The van der Waals surface area contributed by atoms with Crippen molar-refractivity contribution in [1.29, 1.82) is 0 Å². The smallest absolute Gasteiger partial charge is 0.138 e. The minimum Gasteiger partial charge on any atom is -0.248 e.